The molecule has 1 fully saturated rings. The van der Waals surface area contributed by atoms with E-state index in [-0.39, 0.29) is 5.91 Å². The third kappa shape index (κ3) is 3.80. The molecule has 0 bridgehead atoms. The SMILES string of the molecule is CNC(C)(C)C(=O)NCCC1CCOC1. The van der Waals surface area contributed by atoms with Crippen molar-refractivity contribution < 1.29 is 9.53 Å². The Hall–Kier alpha value is -0.610. The summed E-state index contributed by atoms with van der Waals surface area (Å²) in [6.07, 6.45) is 2.15. The van der Waals surface area contributed by atoms with E-state index in [0.717, 1.165) is 32.6 Å². The minimum absolute atomic E-state index is 0.0592. The first-order chi connectivity index (χ1) is 7.06. The van der Waals surface area contributed by atoms with Gasteiger partial charge in [-0.05, 0) is 39.7 Å². The smallest absolute Gasteiger partial charge is 0.239 e. The summed E-state index contributed by atoms with van der Waals surface area (Å²) >= 11 is 0. The van der Waals surface area contributed by atoms with E-state index < -0.39 is 5.54 Å². The molecule has 0 aromatic carbocycles. The molecule has 1 rings (SSSR count). The van der Waals surface area contributed by atoms with Gasteiger partial charge in [0.2, 0.25) is 5.91 Å². The van der Waals surface area contributed by atoms with Gasteiger partial charge in [-0.1, -0.05) is 0 Å². The van der Waals surface area contributed by atoms with Crippen LogP contribution in [0.5, 0.6) is 0 Å². The van der Waals surface area contributed by atoms with Crippen LogP contribution in [-0.4, -0.2) is 38.3 Å². The van der Waals surface area contributed by atoms with E-state index in [2.05, 4.69) is 10.6 Å². The van der Waals surface area contributed by atoms with Crippen LogP contribution < -0.4 is 10.6 Å². The molecule has 15 heavy (non-hydrogen) atoms. The molecule has 2 N–H and O–H groups in total. The second-order valence-corrected chi connectivity index (χ2v) is 4.65. The van der Waals surface area contributed by atoms with E-state index in [4.69, 9.17) is 4.74 Å². The van der Waals surface area contributed by atoms with Crippen molar-refractivity contribution in [3.8, 4) is 0 Å². The molecule has 0 radical (unpaired) electrons. The summed E-state index contributed by atoms with van der Waals surface area (Å²) in [4.78, 5) is 11.7. The van der Waals surface area contributed by atoms with Crippen molar-refractivity contribution in [3.63, 3.8) is 0 Å². The van der Waals surface area contributed by atoms with Gasteiger partial charge in [-0.15, -0.1) is 0 Å². The summed E-state index contributed by atoms with van der Waals surface area (Å²) in [6, 6.07) is 0. The minimum Gasteiger partial charge on any atom is -0.381 e. The fourth-order valence-electron chi connectivity index (χ4n) is 1.54. The van der Waals surface area contributed by atoms with Gasteiger partial charge in [0, 0.05) is 19.8 Å². The maximum atomic E-state index is 11.7. The molecule has 0 aromatic rings. The number of likely N-dealkylation sites (N-methyl/N-ethyl adjacent to an activating group) is 1. The van der Waals surface area contributed by atoms with Gasteiger partial charge in [0.05, 0.1) is 5.54 Å². The zero-order valence-electron chi connectivity index (χ0n) is 9.93. The molecule has 1 saturated heterocycles. The third-order valence-electron chi connectivity index (χ3n) is 3.05. The van der Waals surface area contributed by atoms with Crippen molar-refractivity contribution >= 4 is 5.91 Å². The van der Waals surface area contributed by atoms with E-state index in [0.29, 0.717) is 5.92 Å². The molecule has 1 amide bonds. The molecule has 1 aliphatic rings. The minimum atomic E-state index is -0.480. The Morgan fingerprint density at radius 1 is 1.53 bits per heavy atom. The number of amides is 1. The van der Waals surface area contributed by atoms with Crippen molar-refractivity contribution in [1.29, 1.82) is 0 Å². The van der Waals surface area contributed by atoms with Crippen molar-refractivity contribution in [2.24, 2.45) is 5.92 Å². The summed E-state index contributed by atoms with van der Waals surface area (Å²) in [6.45, 7) is 6.23. The Morgan fingerprint density at radius 2 is 2.27 bits per heavy atom. The molecule has 0 aromatic heterocycles. The van der Waals surface area contributed by atoms with Crippen LogP contribution in [0.2, 0.25) is 0 Å². The Kier molecular flexibility index (Phi) is 4.54. The molecule has 1 heterocycles. The summed E-state index contributed by atoms with van der Waals surface area (Å²) < 4.78 is 5.28. The number of hydrogen-bond donors (Lipinski definition) is 2. The summed E-state index contributed by atoms with van der Waals surface area (Å²) in [7, 11) is 1.80. The fraction of sp³-hybridized carbons (Fsp3) is 0.909. The van der Waals surface area contributed by atoms with Crippen LogP contribution in [0, 0.1) is 5.92 Å². The highest BCUT2D eigenvalue weighted by Crippen LogP contribution is 2.15. The Labute approximate surface area is 91.8 Å². The average Bonchev–Trinajstić information content (AvgIpc) is 2.70. The fourth-order valence-corrected chi connectivity index (χ4v) is 1.54. The molecule has 4 nitrogen and oxygen atoms in total. The molecule has 88 valence electrons. The van der Waals surface area contributed by atoms with Gasteiger partial charge in [0.25, 0.3) is 0 Å². The number of ether oxygens (including phenoxy) is 1. The molecule has 0 spiro atoms. The normalized spacial score (nSPS) is 21.7. The Bertz CT molecular complexity index is 211. The summed E-state index contributed by atoms with van der Waals surface area (Å²) in [5.41, 5.74) is -0.480. The molecule has 1 aliphatic heterocycles. The van der Waals surface area contributed by atoms with Gasteiger partial charge in [0.1, 0.15) is 0 Å². The van der Waals surface area contributed by atoms with Gasteiger partial charge in [0.15, 0.2) is 0 Å². The quantitative estimate of drug-likeness (QED) is 0.702. The van der Waals surface area contributed by atoms with Gasteiger partial charge >= 0.3 is 0 Å². The zero-order valence-corrected chi connectivity index (χ0v) is 9.93. The number of carbonyl (C=O) groups excluding carboxylic acids is 1. The lowest BCUT2D eigenvalue weighted by molar-refractivity contribution is -0.126. The summed E-state index contributed by atoms with van der Waals surface area (Å²) in [5, 5.41) is 5.93. The van der Waals surface area contributed by atoms with Crippen molar-refractivity contribution in [2.45, 2.75) is 32.2 Å². The molecule has 0 saturated carbocycles. The van der Waals surface area contributed by atoms with Crippen LogP contribution in [-0.2, 0) is 9.53 Å². The second-order valence-electron chi connectivity index (χ2n) is 4.65. The predicted octanol–water partition coefficient (Wildman–Crippen LogP) is 0.527. The van der Waals surface area contributed by atoms with E-state index >= 15 is 0 Å². The average molecular weight is 214 g/mol. The molecule has 1 atom stereocenters. The largest absolute Gasteiger partial charge is 0.381 e. The first-order valence-electron chi connectivity index (χ1n) is 5.61. The van der Waals surface area contributed by atoms with Crippen LogP contribution in [0.3, 0.4) is 0 Å². The highest BCUT2D eigenvalue weighted by atomic mass is 16.5. The maximum absolute atomic E-state index is 11.7. The monoisotopic (exact) mass is 214 g/mol. The summed E-state index contributed by atoms with van der Waals surface area (Å²) in [5.74, 6) is 0.687. The van der Waals surface area contributed by atoms with Gasteiger partial charge in [-0.3, -0.25) is 4.79 Å². The van der Waals surface area contributed by atoms with Crippen LogP contribution >= 0.6 is 0 Å². The maximum Gasteiger partial charge on any atom is 0.239 e. The Morgan fingerprint density at radius 3 is 2.80 bits per heavy atom. The van der Waals surface area contributed by atoms with E-state index in [9.17, 15) is 4.79 Å². The topological polar surface area (TPSA) is 50.4 Å². The predicted molar refractivity (Wildman–Crippen MR) is 59.7 cm³/mol. The molecular weight excluding hydrogens is 192 g/mol. The lowest BCUT2D eigenvalue weighted by Crippen LogP contribution is -2.51. The lowest BCUT2D eigenvalue weighted by Gasteiger charge is -2.23. The standard InChI is InChI=1S/C11H22N2O2/c1-11(2,12-3)10(14)13-6-4-9-5-7-15-8-9/h9,12H,4-8H2,1-3H3,(H,13,14). The molecule has 0 aliphatic carbocycles. The molecular formula is C11H22N2O2. The van der Waals surface area contributed by atoms with Crippen molar-refractivity contribution in [2.75, 3.05) is 26.8 Å². The van der Waals surface area contributed by atoms with Gasteiger partial charge in [-0.2, -0.15) is 0 Å². The first kappa shape index (κ1) is 12.5. The van der Waals surface area contributed by atoms with Crippen molar-refractivity contribution in [1.82, 2.24) is 10.6 Å². The van der Waals surface area contributed by atoms with E-state index in [1.165, 1.54) is 0 Å². The number of carbonyl (C=O) groups is 1. The van der Waals surface area contributed by atoms with Crippen LogP contribution in [0.4, 0.5) is 0 Å². The van der Waals surface area contributed by atoms with E-state index in [1.807, 2.05) is 13.8 Å². The van der Waals surface area contributed by atoms with Crippen LogP contribution in [0.25, 0.3) is 0 Å². The van der Waals surface area contributed by atoms with Crippen LogP contribution in [0.1, 0.15) is 26.7 Å². The molecule has 4 heteroatoms. The first-order valence-corrected chi connectivity index (χ1v) is 5.61. The highest BCUT2D eigenvalue weighted by Gasteiger charge is 2.25. The zero-order chi connectivity index (χ0) is 11.3. The highest BCUT2D eigenvalue weighted by molar-refractivity contribution is 5.85. The van der Waals surface area contributed by atoms with Crippen LogP contribution in [0.15, 0.2) is 0 Å². The number of nitrogens with one attached hydrogen (secondary N) is 2. The van der Waals surface area contributed by atoms with Gasteiger partial charge in [-0.25, -0.2) is 0 Å². The van der Waals surface area contributed by atoms with E-state index in [1.54, 1.807) is 7.05 Å². The van der Waals surface area contributed by atoms with Gasteiger partial charge < -0.3 is 15.4 Å². The number of hydrogen-bond acceptors (Lipinski definition) is 3. The molecule has 1 unspecified atom stereocenters. The van der Waals surface area contributed by atoms with Crippen molar-refractivity contribution in [3.05, 3.63) is 0 Å². The number of rotatable bonds is 5. The Balaban J connectivity index is 2.16. The second kappa shape index (κ2) is 5.47. The third-order valence-corrected chi connectivity index (χ3v) is 3.05. The lowest BCUT2D eigenvalue weighted by atomic mass is 10.0.